The summed E-state index contributed by atoms with van der Waals surface area (Å²) in [6.45, 7) is 1.90. The van der Waals surface area contributed by atoms with E-state index >= 15 is 0 Å². The zero-order valence-electron chi connectivity index (χ0n) is 9.55. The Hall–Kier alpha value is -2.70. The van der Waals surface area contributed by atoms with Crippen molar-refractivity contribution >= 4 is 16.7 Å². The summed E-state index contributed by atoms with van der Waals surface area (Å²) in [6, 6.07) is 5.59. The minimum atomic E-state index is -0.316. The van der Waals surface area contributed by atoms with Gasteiger partial charge in [-0.3, -0.25) is 5.10 Å². The number of anilines is 1. The Kier molecular flexibility index (Phi) is 2.12. The molecule has 0 amide bonds. The fourth-order valence-corrected chi connectivity index (χ4v) is 1.73. The minimum absolute atomic E-state index is 0.0840. The maximum atomic E-state index is 9.43. The summed E-state index contributed by atoms with van der Waals surface area (Å²) in [5, 5.41) is 24.9. The fraction of sp³-hybridized carbons (Fsp3) is 0.0909. The molecule has 0 fully saturated rings. The zero-order valence-corrected chi connectivity index (χ0v) is 9.55. The molecule has 2 heterocycles. The fourth-order valence-electron chi connectivity index (χ4n) is 1.73. The Bertz CT molecular complexity index is 735. The molecule has 7 nitrogen and oxygen atoms in total. The number of nitrogens with one attached hydrogen (secondary N) is 1. The second kappa shape index (κ2) is 3.66. The van der Waals surface area contributed by atoms with E-state index in [1.54, 1.807) is 0 Å². The van der Waals surface area contributed by atoms with Crippen molar-refractivity contribution in [3.8, 4) is 17.3 Å². The number of H-pyrrole nitrogens is 1. The molecule has 0 spiro atoms. The van der Waals surface area contributed by atoms with Gasteiger partial charge < -0.3 is 10.8 Å². The van der Waals surface area contributed by atoms with Crippen LogP contribution in [0.4, 0.5) is 5.82 Å². The van der Waals surface area contributed by atoms with Gasteiger partial charge in [0.05, 0.1) is 11.2 Å². The largest absolute Gasteiger partial charge is 0.491 e. The van der Waals surface area contributed by atoms with E-state index < -0.39 is 0 Å². The van der Waals surface area contributed by atoms with Crippen molar-refractivity contribution in [2.45, 2.75) is 6.92 Å². The van der Waals surface area contributed by atoms with Gasteiger partial charge in [0.15, 0.2) is 5.82 Å². The molecule has 0 aliphatic heterocycles. The highest BCUT2D eigenvalue weighted by Gasteiger charge is 2.09. The normalized spacial score (nSPS) is 10.9. The molecule has 1 aromatic carbocycles. The van der Waals surface area contributed by atoms with Crippen LogP contribution in [0.3, 0.4) is 0 Å². The van der Waals surface area contributed by atoms with Crippen LogP contribution in [0.2, 0.25) is 0 Å². The quantitative estimate of drug-likeness (QED) is 0.586. The first-order valence-electron chi connectivity index (χ1n) is 5.29. The van der Waals surface area contributed by atoms with E-state index in [4.69, 9.17) is 5.73 Å². The number of rotatable bonds is 1. The summed E-state index contributed by atoms with van der Waals surface area (Å²) in [4.78, 5) is 3.89. The Balaban J connectivity index is 2.18. The molecule has 0 aliphatic rings. The van der Waals surface area contributed by atoms with Gasteiger partial charge >= 0.3 is 0 Å². The van der Waals surface area contributed by atoms with Crippen LogP contribution in [0.5, 0.6) is 5.88 Å². The van der Waals surface area contributed by atoms with Crippen LogP contribution in [0.25, 0.3) is 22.3 Å². The lowest BCUT2D eigenvalue weighted by Gasteiger charge is -2.01. The number of aromatic amines is 1. The molecule has 0 atom stereocenters. The van der Waals surface area contributed by atoms with Crippen molar-refractivity contribution in [3.63, 3.8) is 0 Å². The number of hydrogen-bond donors (Lipinski definition) is 3. The van der Waals surface area contributed by atoms with Crippen molar-refractivity contribution in [3.05, 3.63) is 23.9 Å². The van der Waals surface area contributed by atoms with E-state index in [1.807, 2.05) is 25.1 Å². The molecule has 4 N–H and O–H groups in total. The summed E-state index contributed by atoms with van der Waals surface area (Å²) in [6.07, 6.45) is 0. The average molecular weight is 242 g/mol. The minimum Gasteiger partial charge on any atom is -0.491 e. The first-order chi connectivity index (χ1) is 8.65. The SMILES string of the molecule is Cc1n[nH]c2ccc(-c3nnc(N)c(O)n3)cc12. The summed E-state index contributed by atoms with van der Waals surface area (Å²) in [5.41, 5.74) is 7.93. The highest BCUT2D eigenvalue weighted by molar-refractivity contribution is 5.85. The Morgan fingerprint density at radius 3 is 2.89 bits per heavy atom. The molecule has 7 heteroatoms. The lowest BCUT2D eigenvalue weighted by molar-refractivity contribution is 0.452. The Morgan fingerprint density at radius 1 is 1.28 bits per heavy atom. The van der Waals surface area contributed by atoms with E-state index in [9.17, 15) is 5.11 Å². The van der Waals surface area contributed by atoms with Gasteiger partial charge in [-0.2, -0.15) is 10.1 Å². The van der Waals surface area contributed by atoms with E-state index in [0.29, 0.717) is 5.82 Å². The van der Waals surface area contributed by atoms with Crippen molar-refractivity contribution in [1.29, 1.82) is 0 Å². The van der Waals surface area contributed by atoms with Crippen molar-refractivity contribution in [2.75, 3.05) is 5.73 Å². The molecule has 0 aliphatic carbocycles. The molecule has 0 saturated carbocycles. The van der Waals surface area contributed by atoms with Gasteiger partial charge in [0.25, 0.3) is 5.88 Å². The number of nitrogens with zero attached hydrogens (tertiary/aromatic N) is 4. The number of aryl methyl sites for hydroxylation is 1. The van der Waals surface area contributed by atoms with E-state index in [-0.39, 0.29) is 11.7 Å². The summed E-state index contributed by atoms with van der Waals surface area (Å²) >= 11 is 0. The molecule has 0 bridgehead atoms. The van der Waals surface area contributed by atoms with Gasteiger partial charge in [-0.1, -0.05) is 0 Å². The number of nitrogens with two attached hydrogens (primary N) is 1. The predicted octanol–water partition coefficient (Wildman–Crippen LogP) is 1.01. The van der Waals surface area contributed by atoms with Crippen LogP contribution in [-0.2, 0) is 0 Å². The molecule has 2 aromatic heterocycles. The third-order valence-electron chi connectivity index (χ3n) is 2.70. The van der Waals surface area contributed by atoms with Crippen LogP contribution < -0.4 is 5.73 Å². The van der Waals surface area contributed by atoms with Gasteiger partial charge in [-0.05, 0) is 25.1 Å². The van der Waals surface area contributed by atoms with E-state index in [0.717, 1.165) is 22.2 Å². The van der Waals surface area contributed by atoms with Crippen molar-refractivity contribution in [1.82, 2.24) is 25.4 Å². The summed E-state index contributed by atoms with van der Waals surface area (Å²) < 4.78 is 0. The molecule has 90 valence electrons. The van der Waals surface area contributed by atoms with Crippen LogP contribution in [-0.4, -0.2) is 30.5 Å². The number of hydrogen-bond acceptors (Lipinski definition) is 6. The van der Waals surface area contributed by atoms with Gasteiger partial charge in [0.2, 0.25) is 5.82 Å². The molecule has 3 rings (SSSR count). The molecular formula is C11H10N6O. The van der Waals surface area contributed by atoms with Crippen molar-refractivity contribution in [2.24, 2.45) is 0 Å². The van der Waals surface area contributed by atoms with Crippen LogP contribution in [0.1, 0.15) is 5.69 Å². The average Bonchev–Trinajstić information content (AvgIpc) is 2.74. The summed E-state index contributed by atoms with van der Waals surface area (Å²) in [5.74, 6) is -0.0764. The monoisotopic (exact) mass is 242 g/mol. The molecule has 0 unspecified atom stereocenters. The van der Waals surface area contributed by atoms with Gasteiger partial charge in [0, 0.05) is 10.9 Å². The smallest absolute Gasteiger partial charge is 0.258 e. The number of aromatic hydroxyl groups is 1. The molecule has 0 radical (unpaired) electrons. The van der Waals surface area contributed by atoms with E-state index in [1.165, 1.54) is 0 Å². The first kappa shape index (κ1) is 10.5. The number of benzene rings is 1. The zero-order chi connectivity index (χ0) is 12.7. The summed E-state index contributed by atoms with van der Waals surface area (Å²) in [7, 11) is 0. The van der Waals surface area contributed by atoms with E-state index in [2.05, 4.69) is 25.4 Å². The topological polar surface area (TPSA) is 114 Å². The van der Waals surface area contributed by atoms with Crippen molar-refractivity contribution < 1.29 is 5.11 Å². The lowest BCUT2D eigenvalue weighted by Crippen LogP contribution is -1.98. The maximum absolute atomic E-state index is 9.43. The van der Waals surface area contributed by atoms with Gasteiger partial charge in [0.1, 0.15) is 0 Å². The Morgan fingerprint density at radius 2 is 2.11 bits per heavy atom. The standard InChI is InChI=1S/C11H10N6O/c1-5-7-4-6(2-3-8(7)15-14-5)10-13-11(18)9(12)16-17-10/h2-4H,1H3,(H2,12,16)(H,14,15)(H,13,17,18). The maximum Gasteiger partial charge on any atom is 0.258 e. The highest BCUT2D eigenvalue weighted by atomic mass is 16.3. The molecule has 18 heavy (non-hydrogen) atoms. The van der Waals surface area contributed by atoms with Gasteiger partial charge in [-0.25, -0.2) is 0 Å². The van der Waals surface area contributed by atoms with Crippen LogP contribution >= 0.6 is 0 Å². The highest BCUT2D eigenvalue weighted by Crippen LogP contribution is 2.24. The third-order valence-corrected chi connectivity index (χ3v) is 2.70. The van der Waals surface area contributed by atoms with Crippen LogP contribution in [0.15, 0.2) is 18.2 Å². The Labute approximate surface area is 102 Å². The second-order valence-corrected chi connectivity index (χ2v) is 3.91. The number of fused-ring (bicyclic) bond motifs is 1. The predicted molar refractivity (Wildman–Crippen MR) is 65.7 cm³/mol. The third kappa shape index (κ3) is 1.53. The molecule has 0 saturated heterocycles. The van der Waals surface area contributed by atoms with Crippen LogP contribution in [0, 0.1) is 6.92 Å². The first-order valence-corrected chi connectivity index (χ1v) is 5.29. The molecular weight excluding hydrogens is 232 g/mol. The lowest BCUT2D eigenvalue weighted by atomic mass is 10.1. The molecule has 3 aromatic rings. The second-order valence-electron chi connectivity index (χ2n) is 3.91. The number of nitrogen functional groups attached to an aromatic ring is 1. The van der Waals surface area contributed by atoms with Gasteiger partial charge in [-0.15, -0.1) is 10.2 Å². The number of aromatic nitrogens is 5.